The van der Waals surface area contributed by atoms with Crippen LogP contribution in [0.4, 0.5) is 4.39 Å². The fraction of sp³-hybridized carbons (Fsp3) is 0.130. The summed E-state index contributed by atoms with van der Waals surface area (Å²) in [5.74, 6) is 0.615. The molecule has 0 fully saturated rings. The minimum atomic E-state index is -0.343. The van der Waals surface area contributed by atoms with Crippen LogP contribution in [0.1, 0.15) is 15.9 Å². The summed E-state index contributed by atoms with van der Waals surface area (Å²) in [6, 6.07) is 16.9. The lowest BCUT2D eigenvalue weighted by atomic mass is 10.0. The van der Waals surface area contributed by atoms with Gasteiger partial charge in [-0.2, -0.15) is 5.10 Å². The van der Waals surface area contributed by atoms with Gasteiger partial charge < -0.3 is 14.8 Å². The lowest BCUT2D eigenvalue weighted by molar-refractivity contribution is 0.0950. The molecule has 0 aliphatic carbocycles. The van der Waals surface area contributed by atoms with Crippen molar-refractivity contribution in [1.82, 2.24) is 15.5 Å². The van der Waals surface area contributed by atoms with Crippen LogP contribution in [-0.4, -0.2) is 30.3 Å². The third-order valence-corrected chi connectivity index (χ3v) is 4.84. The lowest BCUT2D eigenvalue weighted by Gasteiger charge is -2.12. The van der Waals surface area contributed by atoms with Crippen molar-refractivity contribution >= 4 is 16.8 Å². The molecular formula is C23H20FN3O3. The molecule has 0 aliphatic heterocycles. The number of nitrogens with one attached hydrogen (secondary N) is 2. The highest BCUT2D eigenvalue weighted by Gasteiger charge is 2.17. The summed E-state index contributed by atoms with van der Waals surface area (Å²) in [7, 11) is 3.11. The van der Waals surface area contributed by atoms with Crippen LogP contribution in [0.25, 0.3) is 22.2 Å². The summed E-state index contributed by atoms with van der Waals surface area (Å²) in [4.78, 5) is 12.6. The average molecular weight is 405 g/mol. The number of nitrogens with zero attached hydrogens (tertiary/aromatic N) is 1. The van der Waals surface area contributed by atoms with Gasteiger partial charge in [0, 0.05) is 23.2 Å². The van der Waals surface area contributed by atoms with E-state index in [1.54, 1.807) is 50.6 Å². The molecule has 0 bridgehead atoms. The summed E-state index contributed by atoms with van der Waals surface area (Å²) in [6.07, 6.45) is 0. The van der Waals surface area contributed by atoms with Crippen LogP contribution in [0.5, 0.6) is 11.5 Å². The quantitative estimate of drug-likeness (QED) is 0.501. The molecule has 7 heteroatoms. The van der Waals surface area contributed by atoms with Crippen molar-refractivity contribution in [1.29, 1.82) is 0 Å². The molecule has 1 aromatic heterocycles. The third-order valence-electron chi connectivity index (χ3n) is 4.84. The van der Waals surface area contributed by atoms with Gasteiger partial charge in [0.05, 0.1) is 25.1 Å². The molecule has 0 atom stereocenters. The van der Waals surface area contributed by atoms with E-state index in [1.165, 1.54) is 12.1 Å². The van der Waals surface area contributed by atoms with E-state index in [0.29, 0.717) is 28.3 Å². The Morgan fingerprint density at radius 1 is 1.07 bits per heavy atom. The molecule has 1 heterocycles. The number of benzene rings is 3. The number of amides is 1. The highest BCUT2D eigenvalue weighted by atomic mass is 19.1. The number of hydrogen-bond acceptors (Lipinski definition) is 4. The second kappa shape index (κ2) is 8.24. The summed E-state index contributed by atoms with van der Waals surface area (Å²) in [5.41, 5.74) is 3.26. The van der Waals surface area contributed by atoms with Gasteiger partial charge in [-0.1, -0.05) is 24.3 Å². The van der Waals surface area contributed by atoms with Crippen molar-refractivity contribution in [3.63, 3.8) is 0 Å². The van der Waals surface area contributed by atoms with Gasteiger partial charge in [-0.3, -0.25) is 9.89 Å². The van der Waals surface area contributed by atoms with Crippen LogP contribution in [0, 0.1) is 5.82 Å². The van der Waals surface area contributed by atoms with Gasteiger partial charge in [-0.25, -0.2) is 4.39 Å². The highest BCUT2D eigenvalue weighted by Crippen LogP contribution is 2.36. The molecule has 0 aliphatic rings. The molecule has 0 radical (unpaired) electrons. The first-order valence-corrected chi connectivity index (χ1v) is 9.33. The van der Waals surface area contributed by atoms with Crippen LogP contribution in [0.15, 0.2) is 60.7 Å². The van der Waals surface area contributed by atoms with Gasteiger partial charge in [-0.15, -0.1) is 0 Å². The molecule has 30 heavy (non-hydrogen) atoms. The maximum absolute atomic E-state index is 13.7. The molecular weight excluding hydrogens is 385 g/mol. The van der Waals surface area contributed by atoms with Crippen LogP contribution in [0.3, 0.4) is 0 Å². The Labute approximate surface area is 172 Å². The molecule has 1 amide bonds. The zero-order chi connectivity index (χ0) is 21.1. The second-order valence-electron chi connectivity index (χ2n) is 6.68. The first kappa shape index (κ1) is 19.4. The molecule has 6 nitrogen and oxygen atoms in total. The van der Waals surface area contributed by atoms with E-state index in [4.69, 9.17) is 9.47 Å². The number of rotatable bonds is 6. The maximum Gasteiger partial charge on any atom is 0.251 e. The Kier molecular flexibility index (Phi) is 5.34. The summed E-state index contributed by atoms with van der Waals surface area (Å²) >= 11 is 0. The summed E-state index contributed by atoms with van der Waals surface area (Å²) in [6.45, 7) is 0.253. The number of carbonyl (C=O) groups is 1. The smallest absolute Gasteiger partial charge is 0.251 e. The summed E-state index contributed by atoms with van der Waals surface area (Å²) < 4.78 is 24.5. The van der Waals surface area contributed by atoms with Gasteiger partial charge in [0.25, 0.3) is 5.91 Å². The topological polar surface area (TPSA) is 76.2 Å². The number of carbonyl (C=O) groups excluding carboxylic acids is 1. The number of H-pyrrole nitrogens is 1. The molecule has 3 aromatic carbocycles. The first-order valence-electron chi connectivity index (χ1n) is 9.33. The fourth-order valence-electron chi connectivity index (χ4n) is 3.39. The van der Waals surface area contributed by atoms with Crippen molar-refractivity contribution in [2.45, 2.75) is 6.54 Å². The van der Waals surface area contributed by atoms with E-state index < -0.39 is 0 Å². The minimum absolute atomic E-state index is 0.228. The lowest BCUT2D eigenvalue weighted by Crippen LogP contribution is -2.23. The zero-order valence-corrected chi connectivity index (χ0v) is 16.5. The van der Waals surface area contributed by atoms with E-state index in [2.05, 4.69) is 15.5 Å². The van der Waals surface area contributed by atoms with Gasteiger partial charge in [0.2, 0.25) is 0 Å². The van der Waals surface area contributed by atoms with Gasteiger partial charge in [0.15, 0.2) is 0 Å². The molecule has 2 N–H and O–H groups in total. The van der Waals surface area contributed by atoms with Crippen LogP contribution in [0.2, 0.25) is 0 Å². The number of fused-ring (bicyclic) bond motifs is 1. The average Bonchev–Trinajstić information content (AvgIpc) is 3.21. The van der Waals surface area contributed by atoms with Gasteiger partial charge >= 0.3 is 0 Å². The van der Waals surface area contributed by atoms with E-state index in [0.717, 1.165) is 16.5 Å². The predicted octanol–water partition coefficient (Wildman–Crippen LogP) is 4.32. The van der Waals surface area contributed by atoms with E-state index in [-0.39, 0.29) is 18.3 Å². The van der Waals surface area contributed by atoms with Crippen molar-refractivity contribution in [2.75, 3.05) is 14.2 Å². The molecule has 152 valence electrons. The van der Waals surface area contributed by atoms with Gasteiger partial charge in [-0.05, 0) is 36.4 Å². The fourth-order valence-corrected chi connectivity index (χ4v) is 3.39. The molecule has 0 saturated carbocycles. The first-order chi connectivity index (χ1) is 14.6. The van der Waals surface area contributed by atoms with Gasteiger partial charge in [0.1, 0.15) is 23.0 Å². The SMILES string of the molecule is COc1cccc(C(=O)NCc2ccc3[nH]nc(-c4cccc(F)c4)c3c2OC)c1. The Morgan fingerprint density at radius 3 is 2.67 bits per heavy atom. The predicted molar refractivity (Wildman–Crippen MR) is 112 cm³/mol. The third kappa shape index (κ3) is 3.69. The van der Waals surface area contributed by atoms with Crippen LogP contribution >= 0.6 is 0 Å². The number of aromatic nitrogens is 2. The van der Waals surface area contributed by atoms with Crippen LogP contribution < -0.4 is 14.8 Å². The van der Waals surface area contributed by atoms with E-state index >= 15 is 0 Å². The Morgan fingerprint density at radius 2 is 1.90 bits per heavy atom. The number of hydrogen-bond donors (Lipinski definition) is 2. The van der Waals surface area contributed by atoms with E-state index in [1.807, 2.05) is 12.1 Å². The zero-order valence-electron chi connectivity index (χ0n) is 16.5. The van der Waals surface area contributed by atoms with Crippen molar-refractivity contribution in [3.05, 3.63) is 77.6 Å². The Hall–Kier alpha value is -3.87. The Bertz CT molecular complexity index is 1220. The number of aromatic amines is 1. The minimum Gasteiger partial charge on any atom is -0.497 e. The number of halogens is 1. The second-order valence-corrected chi connectivity index (χ2v) is 6.68. The van der Waals surface area contributed by atoms with Crippen molar-refractivity contribution in [3.8, 4) is 22.8 Å². The molecule has 4 aromatic rings. The van der Waals surface area contributed by atoms with E-state index in [9.17, 15) is 9.18 Å². The van der Waals surface area contributed by atoms with Crippen molar-refractivity contribution in [2.24, 2.45) is 0 Å². The highest BCUT2D eigenvalue weighted by molar-refractivity contribution is 5.99. The molecule has 4 rings (SSSR count). The van der Waals surface area contributed by atoms with Crippen molar-refractivity contribution < 1.29 is 18.7 Å². The number of methoxy groups -OCH3 is 2. The molecule has 0 unspecified atom stereocenters. The molecule has 0 saturated heterocycles. The molecule has 0 spiro atoms. The largest absolute Gasteiger partial charge is 0.497 e. The standard InChI is InChI=1S/C23H20FN3O3/c1-29-18-8-4-6-15(12-18)23(28)25-13-16-9-10-19-20(22(16)30-2)21(27-26-19)14-5-3-7-17(24)11-14/h3-12H,13H2,1-2H3,(H,25,28)(H,26,27). The maximum atomic E-state index is 13.7. The monoisotopic (exact) mass is 405 g/mol. The number of ether oxygens (including phenoxy) is 2. The summed E-state index contributed by atoms with van der Waals surface area (Å²) in [5, 5.41) is 10.9. The van der Waals surface area contributed by atoms with Crippen LogP contribution in [-0.2, 0) is 6.54 Å². The normalized spacial score (nSPS) is 10.8. The Balaban J connectivity index is 1.66.